The van der Waals surface area contributed by atoms with E-state index in [0.29, 0.717) is 26.2 Å². The number of piperidine rings is 1. The zero-order valence-electron chi connectivity index (χ0n) is 20.4. The van der Waals surface area contributed by atoms with Crippen molar-refractivity contribution < 1.29 is 23.9 Å². The summed E-state index contributed by atoms with van der Waals surface area (Å²) in [5.74, 6) is -0.131. The zero-order valence-corrected chi connectivity index (χ0v) is 20.4. The SMILES string of the molecule is Cc1ccc(CN2C(=O)COC(C)[C@H]2C(=O)N2CCC[C@@H](CNC(=O)OC(C)(C)C)C2)cc1. The van der Waals surface area contributed by atoms with Crippen molar-refractivity contribution in [2.45, 2.75) is 71.8 Å². The van der Waals surface area contributed by atoms with Crippen molar-refractivity contribution in [1.82, 2.24) is 15.1 Å². The number of benzene rings is 1. The minimum Gasteiger partial charge on any atom is -0.444 e. The quantitative estimate of drug-likeness (QED) is 0.732. The molecule has 2 heterocycles. The van der Waals surface area contributed by atoms with Crippen LogP contribution in [0.3, 0.4) is 0 Å². The first-order chi connectivity index (χ1) is 15.5. The average Bonchev–Trinajstić information content (AvgIpc) is 2.75. The monoisotopic (exact) mass is 459 g/mol. The molecule has 3 atom stereocenters. The number of aryl methyl sites for hydroxylation is 1. The normalized spacial score (nSPS) is 23.9. The van der Waals surface area contributed by atoms with Crippen LogP contribution in [0.25, 0.3) is 0 Å². The Kier molecular flexibility index (Phi) is 8.00. The van der Waals surface area contributed by atoms with Crippen molar-refractivity contribution >= 4 is 17.9 Å². The van der Waals surface area contributed by atoms with Crippen molar-refractivity contribution in [1.29, 1.82) is 0 Å². The number of carbonyl (C=O) groups is 3. The molecular formula is C25H37N3O5. The molecule has 1 aromatic rings. The second-order valence-electron chi connectivity index (χ2n) is 10.1. The van der Waals surface area contributed by atoms with Crippen LogP contribution in [0.4, 0.5) is 4.79 Å². The van der Waals surface area contributed by atoms with E-state index in [1.165, 1.54) is 0 Å². The molecule has 33 heavy (non-hydrogen) atoms. The van der Waals surface area contributed by atoms with E-state index < -0.39 is 17.7 Å². The molecule has 0 bridgehead atoms. The summed E-state index contributed by atoms with van der Waals surface area (Å²) in [5, 5.41) is 2.82. The summed E-state index contributed by atoms with van der Waals surface area (Å²) < 4.78 is 11.0. The van der Waals surface area contributed by atoms with E-state index in [4.69, 9.17) is 9.47 Å². The maximum Gasteiger partial charge on any atom is 0.407 e. The van der Waals surface area contributed by atoms with Gasteiger partial charge in [-0.3, -0.25) is 9.59 Å². The predicted octanol–water partition coefficient (Wildman–Crippen LogP) is 2.87. The number of alkyl carbamates (subject to hydrolysis) is 1. The van der Waals surface area contributed by atoms with Gasteiger partial charge in [0.15, 0.2) is 0 Å². The number of likely N-dealkylation sites (tertiary alicyclic amines) is 1. The number of nitrogens with one attached hydrogen (secondary N) is 1. The van der Waals surface area contributed by atoms with Gasteiger partial charge in [-0.15, -0.1) is 0 Å². The van der Waals surface area contributed by atoms with Gasteiger partial charge in [0.25, 0.3) is 0 Å². The number of morpholine rings is 1. The van der Waals surface area contributed by atoms with Crippen LogP contribution in [0.2, 0.25) is 0 Å². The summed E-state index contributed by atoms with van der Waals surface area (Å²) in [7, 11) is 0. The molecule has 1 unspecified atom stereocenters. The summed E-state index contributed by atoms with van der Waals surface area (Å²) in [4.78, 5) is 41.8. The molecule has 1 aromatic carbocycles. The van der Waals surface area contributed by atoms with Crippen LogP contribution < -0.4 is 5.32 Å². The first-order valence-electron chi connectivity index (χ1n) is 11.8. The van der Waals surface area contributed by atoms with E-state index in [0.717, 1.165) is 24.0 Å². The van der Waals surface area contributed by atoms with Gasteiger partial charge in [0.1, 0.15) is 18.2 Å². The van der Waals surface area contributed by atoms with Crippen molar-refractivity contribution in [3.05, 3.63) is 35.4 Å². The molecule has 0 saturated carbocycles. The van der Waals surface area contributed by atoms with Gasteiger partial charge in [-0.1, -0.05) is 29.8 Å². The lowest BCUT2D eigenvalue weighted by Gasteiger charge is -2.42. The highest BCUT2D eigenvalue weighted by molar-refractivity contribution is 5.89. The smallest absolute Gasteiger partial charge is 0.407 e. The summed E-state index contributed by atoms with van der Waals surface area (Å²) in [6.45, 7) is 11.3. The molecule has 0 aromatic heterocycles. The third-order valence-electron chi connectivity index (χ3n) is 6.06. The van der Waals surface area contributed by atoms with Crippen molar-refractivity contribution in [2.75, 3.05) is 26.2 Å². The van der Waals surface area contributed by atoms with Crippen molar-refractivity contribution in [3.8, 4) is 0 Å². The van der Waals surface area contributed by atoms with Crippen LogP contribution in [0.15, 0.2) is 24.3 Å². The molecule has 2 saturated heterocycles. The largest absolute Gasteiger partial charge is 0.444 e. The van der Waals surface area contributed by atoms with E-state index >= 15 is 0 Å². The summed E-state index contributed by atoms with van der Waals surface area (Å²) >= 11 is 0. The molecule has 3 rings (SSSR count). The summed E-state index contributed by atoms with van der Waals surface area (Å²) in [6, 6.07) is 7.33. The highest BCUT2D eigenvalue weighted by Crippen LogP contribution is 2.24. The standard InChI is InChI=1S/C25H37N3O5/c1-17-8-10-19(11-9-17)15-28-21(29)16-32-18(2)22(28)23(30)27-12-6-7-20(14-27)13-26-24(31)33-25(3,4)5/h8-11,18,20,22H,6-7,12-16H2,1-5H3,(H,26,31)/t18?,20-,22-/m0/s1. The number of rotatable bonds is 5. The van der Waals surface area contributed by atoms with Gasteiger partial charge in [-0.05, 0) is 58.9 Å². The molecule has 8 heteroatoms. The molecule has 8 nitrogen and oxygen atoms in total. The summed E-state index contributed by atoms with van der Waals surface area (Å²) in [5.41, 5.74) is 1.58. The fourth-order valence-electron chi connectivity index (χ4n) is 4.36. The fourth-order valence-corrected chi connectivity index (χ4v) is 4.36. The molecule has 0 aliphatic carbocycles. The molecule has 0 spiro atoms. The van der Waals surface area contributed by atoms with Crippen LogP contribution in [-0.2, 0) is 25.6 Å². The van der Waals surface area contributed by atoms with Crippen LogP contribution in [0, 0.1) is 12.8 Å². The first kappa shape index (κ1) is 25.0. The lowest BCUT2D eigenvalue weighted by Crippen LogP contribution is -2.61. The fraction of sp³-hybridized carbons (Fsp3) is 0.640. The Bertz CT molecular complexity index is 849. The van der Waals surface area contributed by atoms with E-state index in [-0.39, 0.29) is 30.4 Å². The number of amides is 3. The lowest BCUT2D eigenvalue weighted by atomic mass is 9.96. The number of carbonyl (C=O) groups excluding carboxylic acids is 3. The van der Waals surface area contributed by atoms with E-state index in [1.807, 2.05) is 63.8 Å². The Morgan fingerprint density at radius 2 is 1.91 bits per heavy atom. The Labute approximate surface area is 196 Å². The van der Waals surface area contributed by atoms with Crippen LogP contribution in [0.5, 0.6) is 0 Å². The van der Waals surface area contributed by atoms with Crippen molar-refractivity contribution in [3.63, 3.8) is 0 Å². The molecule has 2 aliphatic heterocycles. The lowest BCUT2D eigenvalue weighted by molar-refractivity contribution is -0.168. The maximum absolute atomic E-state index is 13.6. The molecule has 0 radical (unpaired) electrons. The molecule has 182 valence electrons. The van der Waals surface area contributed by atoms with Gasteiger partial charge in [-0.25, -0.2) is 4.79 Å². The Morgan fingerprint density at radius 3 is 2.58 bits per heavy atom. The minimum absolute atomic E-state index is 0.0146. The second-order valence-corrected chi connectivity index (χ2v) is 10.1. The van der Waals surface area contributed by atoms with Gasteiger partial charge in [0.2, 0.25) is 11.8 Å². The van der Waals surface area contributed by atoms with Crippen molar-refractivity contribution in [2.24, 2.45) is 5.92 Å². The Hall–Kier alpha value is -2.61. The van der Waals surface area contributed by atoms with Gasteiger partial charge in [0, 0.05) is 26.2 Å². The second kappa shape index (κ2) is 10.5. The van der Waals surface area contributed by atoms with Crippen LogP contribution in [0.1, 0.15) is 51.7 Å². The predicted molar refractivity (Wildman–Crippen MR) is 124 cm³/mol. The Morgan fingerprint density at radius 1 is 1.21 bits per heavy atom. The number of hydrogen-bond acceptors (Lipinski definition) is 5. The van der Waals surface area contributed by atoms with Crippen LogP contribution >= 0.6 is 0 Å². The topological polar surface area (TPSA) is 88.2 Å². The highest BCUT2D eigenvalue weighted by Gasteiger charge is 2.42. The zero-order chi connectivity index (χ0) is 24.2. The molecule has 3 amide bonds. The van der Waals surface area contributed by atoms with Gasteiger partial charge < -0.3 is 24.6 Å². The molecule has 1 N–H and O–H groups in total. The van der Waals surface area contributed by atoms with E-state index in [9.17, 15) is 14.4 Å². The summed E-state index contributed by atoms with van der Waals surface area (Å²) in [6.07, 6.45) is 0.929. The van der Waals surface area contributed by atoms with Gasteiger partial charge in [0.05, 0.1) is 6.10 Å². The number of nitrogens with zero attached hydrogens (tertiary/aromatic N) is 2. The molecule has 2 aliphatic rings. The first-order valence-corrected chi connectivity index (χ1v) is 11.8. The van der Waals surface area contributed by atoms with E-state index in [2.05, 4.69) is 5.32 Å². The highest BCUT2D eigenvalue weighted by atomic mass is 16.6. The average molecular weight is 460 g/mol. The van der Waals surface area contributed by atoms with Gasteiger partial charge >= 0.3 is 6.09 Å². The third-order valence-corrected chi connectivity index (χ3v) is 6.06. The number of hydrogen-bond donors (Lipinski definition) is 1. The van der Waals surface area contributed by atoms with E-state index in [1.54, 1.807) is 4.90 Å². The Balaban J connectivity index is 1.65. The number of ether oxygens (including phenoxy) is 2. The minimum atomic E-state index is -0.662. The molecular weight excluding hydrogens is 422 g/mol. The third kappa shape index (κ3) is 6.93. The maximum atomic E-state index is 13.6. The molecule has 2 fully saturated rings. The van der Waals surface area contributed by atoms with Gasteiger partial charge in [-0.2, -0.15) is 0 Å². The van der Waals surface area contributed by atoms with Crippen LogP contribution in [-0.4, -0.2) is 71.7 Å².